The largest absolute Gasteiger partial charge is 0.327 e. The van der Waals surface area contributed by atoms with Crippen molar-refractivity contribution in [1.82, 2.24) is 0 Å². The predicted molar refractivity (Wildman–Crippen MR) is 53.6 cm³/mol. The van der Waals surface area contributed by atoms with Gasteiger partial charge < -0.3 is 11.1 Å². The number of carbonyl (C=O) groups excluding carboxylic acids is 1. The molecule has 0 spiro atoms. The summed E-state index contributed by atoms with van der Waals surface area (Å²) in [6.45, 7) is 1.35. The molecule has 0 radical (unpaired) electrons. The molecule has 0 bridgehead atoms. The third-order valence-electron chi connectivity index (χ3n) is 1.78. The van der Waals surface area contributed by atoms with Crippen LogP contribution in [-0.4, -0.2) is 12.5 Å². The van der Waals surface area contributed by atoms with E-state index < -0.39 is 6.17 Å². The number of benzene rings is 1. The molecule has 1 amide bonds. The van der Waals surface area contributed by atoms with Gasteiger partial charge in [-0.15, -0.1) is 0 Å². The lowest BCUT2D eigenvalue weighted by Gasteiger charge is -2.07. The molecule has 0 fully saturated rings. The zero-order valence-corrected chi connectivity index (χ0v) is 7.96. The van der Waals surface area contributed by atoms with Gasteiger partial charge in [-0.25, -0.2) is 4.39 Å². The summed E-state index contributed by atoms with van der Waals surface area (Å²) in [6, 6.07) is 6.61. The molecule has 1 aromatic carbocycles. The Balaban J connectivity index is 2.83. The van der Waals surface area contributed by atoms with Crippen molar-refractivity contribution in [2.75, 3.05) is 11.9 Å². The van der Waals surface area contributed by atoms with Crippen LogP contribution >= 0.6 is 0 Å². The molecule has 4 heteroatoms. The van der Waals surface area contributed by atoms with Crippen molar-refractivity contribution in [3.63, 3.8) is 0 Å². The van der Waals surface area contributed by atoms with Crippen LogP contribution in [0.5, 0.6) is 0 Å². The molecule has 0 heterocycles. The molecule has 0 saturated carbocycles. The molecular formula is C10H13FN2O. The van der Waals surface area contributed by atoms with Crippen molar-refractivity contribution in [2.45, 2.75) is 13.1 Å². The summed E-state index contributed by atoms with van der Waals surface area (Å²) >= 11 is 0. The van der Waals surface area contributed by atoms with E-state index in [2.05, 4.69) is 5.32 Å². The molecule has 1 rings (SSSR count). The Morgan fingerprint density at radius 2 is 2.36 bits per heavy atom. The van der Waals surface area contributed by atoms with Gasteiger partial charge in [0, 0.05) is 19.2 Å². The molecule has 14 heavy (non-hydrogen) atoms. The number of hydrogen-bond acceptors (Lipinski definition) is 2. The molecule has 0 saturated heterocycles. The van der Waals surface area contributed by atoms with Crippen LogP contribution in [0.3, 0.4) is 0 Å². The zero-order chi connectivity index (χ0) is 10.6. The molecule has 76 valence electrons. The number of amides is 1. The maximum Gasteiger partial charge on any atom is 0.221 e. The maximum absolute atomic E-state index is 13.1. The van der Waals surface area contributed by atoms with E-state index in [4.69, 9.17) is 5.73 Å². The van der Waals surface area contributed by atoms with Crippen molar-refractivity contribution >= 4 is 11.6 Å². The molecule has 0 aliphatic rings. The van der Waals surface area contributed by atoms with Crippen molar-refractivity contribution < 1.29 is 9.18 Å². The van der Waals surface area contributed by atoms with E-state index in [-0.39, 0.29) is 12.5 Å². The van der Waals surface area contributed by atoms with Crippen molar-refractivity contribution in [2.24, 2.45) is 5.73 Å². The molecular weight excluding hydrogens is 183 g/mol. The van der Waals surface area contributed by atoms with E-state index in [0.29, 0.717) is 11.3 Å². The first kappa shape index (κ1) is 10.7. The molecule has 3 nitrogen and oxygen atoms in total. The number of anilines is 1. The lowest BCUT2D eigenvalue weighted by molar-refractivity contribution is -0.114. The second kappa shape index (κ2) is 4.72. The summed E-state index contributed by atoms with van der Waals surface area (Å²) < 4.78 is 13.1. The van der Waals surface area contributed by atoms with Gasteiger partial charge in [-0.3, -0.25) is 4.79 Å². The third-order valence-corrected chi connectivity index (χ3v) is 1.78. The van der Waals surface area contributed by atoms with E-state index in [1.165, 1.54) is 6.92 Å². The molecule has 0 aromatic heterocycles. The Morgan fingerprint density at radius 3 is 2.93 bits per heavy atom. The Hall–Kier alpha value is -1.42. The van der Waals surface area contributed by atoms with Crippen molar-refractivity contribution in [3.8, 4) is 0 Å². The van der Waals surface area contributed by atoms with Crippen LogP contribution in [-0.2, 0) is 4.79 Å². The molecule has 0 aliphatic carbocycles. The normalized spacial score (nSPS) is 12.2. The molecule has 1 aromatic rings. The second-order valence-electron chi connectivity index (χ2n) is 3.01. The van der Waals surface area contributed by atoms with E-state index in [9.17, 15) is 9.18 Å². The number of nitrogens with one attached hydrogen (secondary N) is 1. The third kappa shape index (κ3) is 2.81. The summed E-state index contributed by atoms with van der Waals surface area (Å²) in [4.78, 5) is 10.7. The summed E-state index contributed by atoms with van der Waals surface area (Å²) in [5, 5.41) is 2.58. The Morgan fingerprint density at radius 1 is 1.64 bits per heavy atom. The average Bonchev–Trinajstić information content (AvgIpc) is 2.16. The Labute approximate surface area is 82.1 Å². The van der Waals surface area contributed by atoms with Gasteiger partial charge in [-0.05, 0) is 17.7 Å². The first-order valence-corrected chi connectivity index (χ1v) is 4.35. The highest BCUT2D eigenvalue weighted by molar-refractivity contribution is 5.88. The van der Waals surface area contributed by atoms with Crippen molar-refractivity contribution in [1.29, 1.82) is 0 Å². The number of nitrogens with two attached hydrogens (primary N) is 1. The number of halogens is 1. The smallest absolute Gasteiger partial charge is 0.221 e. The monoisotopic (exact) mass is 196 g/mol. The fourth-order valence-corrected chi connectivity index (χ4v) is 1.15. The minimum atomic E-state index is -1.18. The van der Waals surface area contributed by atoms with Crippen LogP contribution in [0.4, 0.5) is 10.1 Å². The summed E-state index contributed by atoms with van der Waals surface area (Å²) in [7, 11) is 0. The van der Waals surface area contributed by atoms with Crippen LogP contribution in [0.2, 0.25) is 0 Å². The first-order valence-electron chi connectivity index (χ1n) is 4.35. The van der Waals surface area contributed by atoms with E-state index in [1.807, 2.05) is 0 Å². The zero-order valence-electron chi connectivity index (χ0n) is 7.96. The van der Waals surface area contributed by atoms with E-state index >= 15 is 0 Å². The average molecular weight is 196 g/mol. The summed E-state index contributed by atoms with van der Waals surface area (Å²) in [5.74, 6) is -0.176. The summed E-state index contributed by atoms with van der Waals surface area (Å²) in [5.41, 5.74) is 6.27. The number of carbonyl (C=O) groups is 1. The van der Waals surface area contributed by atoms with Crippen LogP contribution in [0.1, 0.15) is 18.7 Å². The van der Waals surface area contributed by atoms with Gasteiger partial charge in [0.15, 0.2) is 0 Å². The van der Waals surface area contributed by atoms with Crippen LogP contribution < -0.4 is 11.1 Å². The number of hydrogen-bond donors (Lipinski definition) is 2. The highest BCUT2D eigenvalue weighted by atomic mass is 19.1. The minimum Gasteiger partial charge on any atom is -0.327 e. The predicted octanol–water partition coefficient (Wildman–Crippen LogP) is 1.61. The van der Waals surface area contributed by atoms with Gasteiger partial charge in [0.25, 0.3) is 0 Å². The molecule has 3 N–H and O–H groups in total. The topological polar surface area (TPSA) is 55.1 Å². The quantitative estimate of drug-likeness (QED) is 0.771. The number of rotatable bonds is 3. The summed E-state index contributed by atoms with van der Waals surface area (Å²) in [6.07, 6.45) is -1.18. The van der Waals surface area contributed by atoms with Gasteiger partial charge in [0.05, 0.1) is 0 Å². The molecule has 1 unspecified atom stereocenters. The van der Waals surface area contributed by atoms with E-state index in [0.717, 1.165) is 0 Å². The standard InChI is InChI=1S/C10H13FN2O/c1-7(14)13-9-4-2-3-8(5-9)10(11)6-12/h2-5,10H,6,12H2,1H3,(H,13,14). The van der Waals surface area contributed by atoms with Gasteiger partial charge in [-0.2, -0.15) is 0 Å². The highest BCUT2D eigenvalue weighted by Gasteiger charge is 2.07. The van der Waals surface area contributed by atoms with Crippen LogP contribution in [0.25, 0.3) is 0 Å². The fourth-order valence-electron chi connectivity index (χ4n) is 1.15. The Kier molecular flexibility index (Phi) is 3.59. The lowest BCUT2D eigenvalue weighted by Crippen LogP contribution is -2.09. The molecule has 1 atom stereocenters. The lowest BCUT2D eigenvalue weighted by atomic mass is 10.1. The van der Waals surface area contributed by atoms with E-state index in [1.54, 1.807) is 24.3 Å². The highest BCUT2D eigenvalue weighted by Crippen LogP contribution is 2.19. The van der Waals surface area contributed by atoms with Gasteiger partial charge in [0.2, 0.25) is 5.91 Å². The van der Waals surface area contributed by atoms with Crippen molar-refractivity contribution in [3.05, 3.63) is 29.8 Å². The minimum absolute atomic E-state index is 0.0521. The number of alkyl halides is 1. The van der Waals surface area contributed by atoms with Gasteiger partial charge in [0.1, 0.15) is 6.17 Å². The maximum atomic E-state index is 13.1. The second-order valence-corrected chi connectivity index (χ2v) is 3.01. The SMILES string of the molecule is CC(=O)Nc1cccc(C(F)CN)c1. The molecule has 0 aliphatic heterocycles. The van der Waals surface area contributed by atoms with Gasteiger partial charge in [-0.1, -0.05) is 12.1 Å². The van der Waals surface area contributed by atoms with Crippen LogP contribution in [0.15, 0.2) is 24.3 Å². The van der Waals surface area contributed by atoms with Crippen LogP contribution in [0, 0.1) is 0 Å². The van der Waals surface area contributed by atoms with Gasteiger partial charge >= 0.3 is 0 Å². The Bertz CT molecular complexity index is 328. The first-order chi connectivity index (χ1) is 6.63. The fraction of sp³-hybridized carbons (Fsp3) is 0.300.